The fourth-order valence-corrected chi connectivity index (χ4v) is 9.51. The van der Waals surface area contributed by atoms with Crippen LogP contribution in [0.15, 0.2) is 91.0 Å². The summed E-state index contributed by atoms with van der Waals surface area (Å²) in [6.45, 7) is 4.37. The molecule has 0 aliphatic carbocycles. The zero-order chi connectivity index (χ0) is 19.1. The molecule has 140 valence electrons. The van der Waals surface area contributed by atoms with Gasteiger partial charge in [-0.3, -0.25) is 0 Å². The molecule has 2 nitrogen and oxygen atoms in total. The summed E-state index contributed by atoms with van der Waals surface area (Å²) in [5, 5.41) is 3.71. The van der Waals surface area contributed by atoms with Crippen LogP contribution in [0.25, 0.3) is 0 Å². The van der Waals surface area contributed by atoms with Crippen LogP contribution in [0.2, 0.25) is 0 Å². The zero-order valence-corrected chi connectivity index (χ0v) is 17.0. The quantitative estimate of drug-likeness (QED) is 0.458. The number of carbonyl (C=O) groups excluding carboxylic acids is 1. The second-order valence-corrected chi connectivity index (χ2v) is 10.7. The van der Waals surface area contributed by atoms with Crippen LogP contribution in [-0.2, 0) is 9.53 Å². The molecule has 0 saturated heterocycles. The molecule has 3 aromatic rings. The standard InChI is InChI=1S/C24H27O2P/c1-3-23(24(25)26-4-2)27(20-14-8-5-9-15-20,21-16-10-6-11-17-21)22-18-12-7-13-19-22/h5-19,23,27H,3-4H2,1-2H3. The summed E-state index contributed by atoms with van der Waals surface area (Å²) in [5.74, 6) is -0.0942. The van der Waals surface area contributed by atoms with Crippen LogP contribution in [0.5, 0.6) is 0 Å². The van der Waals surface area contributed by atoms with E-state index >= 15 is 0 Å². The van der Waals surface area contributed by atoms with Crippen molar-refractivity contribution in [3.05, 3.63) is 91.0 Å². The molecule has 0 amide bonds. The first-order valence-electron chi connectivity index (χ1n) is 9.58. The number of rotatable bonds is 7. The first-order chi connectivity index (χ1) is 13.2. The normalized spacial score (nSPS) is 13.0. The maximum atomic E-state index is 13.2. The van der Waals surface area contributed by atoms with E-state index in [1.165, 1.54) is 15.9 Å². The zero-order valence-electron chi connectivity index (χ0n) is 16.0. The van der Waals surface area contributed by atoms with Crippen molar-refractivity contribution >= 4 is 29.1 Å². The summed E-state index contributed by atoms with van der Waals surface area (Å²) >= 11 is 0. The van der Waals surface area contributed by atoms with Gasteiger partial charge in [-0.15, -0.1) is 0 Å². The third-order valence-electron chi connectivity index (χ3n) is 5.19. The maximum absolute atomic E-state index is 13.2. The minimum atomic E-state index is -2.63. The van der Waals surface area contributed by atoms with Gasteiger partial charge in [-0.1, -0.05) is 0 Å². The Morgan fingerprint density at radius 3 is 1.41 bits per heavy atom. The molecule has 0 aliphatic rings. The van der Waals surface area contributed by atoms with E-state index in [-0.39, 0.29) is 11.6 Å². The van der Waals surface area contributed by atoms with Crippen molar-refractivity contribution in [1.82, 2.24) is 0 Å². The van der Waals surface area contributed by atoms with Crippen LogP contribution >= 0.6 is 7.26 Å². The van der Waals surface area contributed by atoms with Crippen LogP contribution in [0, 0.1) is 0 Å². The molecule has 0 N–H and O–H groups in total. The van der Waals surface area contributed by atoms with Crippen LogP contribution in [0.3, 0.4) is 0 Å². The molecular weight excluding hydrogens is 351 g/mol. The van der Waals surface area contributed by atoms with Crippen LogP contribution in [-0.4, -0.2) is 18.2 Å². The molecule has 1 unspecified atom stereocenters. The minimum absolute atomic E-state index is 0.0942. The van der Waals surface area contributed by atoms with Crippen molar-refractivity contribution in [2.45, 2.75) is 25.9 Å². The fraction of sp³-hybridized carbons (Fsp3) is 0.208. The van der Waals surface area contributed by atoms with Gasteiger partial charge in [0.1, 0.15) is 0 Å². The van der Waals surface area contributed by atoms with Gasteiger partial charge in [-0.05, 0) is 0 Å². The summed E-state index contributed by atoms with van der Waals surface area (Å²) in [6, 6.07) is 31.6. The Balaban J connectivity index is 2.37. The van der Waals surface area contributed by atoms with Crippen molar-refractivity contribution in [3.8, 4) is 0 Å². The molecule has 0 bridgehead atoms. The Morgan fingerprint density at radius 1 is 0.741 bits per heavy atom. The predicted octanol–water partition coefficient (Wildman–Crippen LogP) is 4.05. The molecule has 27 heavy (non-hydrogen) atoms. The first-order valence-corrected chi connectivity index (χ1v) is 11.7. The van der Waals surface area contributed by atoms with E-state index in [4.69, 9.17) is 4.74 Å². The van der Waals surface area contributed by atoms with E-state index < -0.39 is 7.26 Å². The monoisotopic (exact) mass is 378 g/mol. The van der Waals surface area contributed by atoms with Crippen molar-refractivity contribution < 1.29 is 9.53 Å². The predicted molar refractivity (Wildman–Crippen MR) is 117 cm³/mol. The van der Waals surface area contributed by atoms with Gasteiger partial charge in [0.2, 0.25) is 0 Å². The molecule has 1 atom stereocenters. The Morgan fingerprint density at radius 2 is 1.11 bits per heavy atom. The van der Waals surface area contributed by atoms with Crippen molar-refractivity contribution in [2.24, 2.45) is 0 Å². The van der Waals surface area contributed by atoms with Crippen LogP contribution < -0.4 is 15.9 Å². The summed E-state index contributed by atoms with van der Waals surface area (Å²) in [6.07, 6.45) is 0.740. The van der Waals surface area contributed by atoms with E-state index in [1.54, 1.807) is 0 Å². The Labute approximate surface area is 162 Å². The number of carbonyl (C=O) groups is 1. The van der Waals surface area contributed by atoms with Crippen molar-refractivity contribution in [2.75, 3.05) is 6.61 Å². The average Bonchev–Trinajstić information content (AvgIpc) is 2.74. The van der Waals surface area contributed by atoms with Crippen LogP contribution in [0.4, 0.5) is 0 Å². The number of benzene rings is 3. The first kappa shape index (κ1) is 19.3. The topological polar surface area (TPSA) is 26.3 Å². The molecular formula is C24H27O2P. The molecule has 0 fully saturated rings. The molecule has 0 aliphatic heterocycles. The Bertz CT molecular complexity index is 751. The number of ether oxygens (including phenoxy) is 1. The number of hydrogen-bond donors (Lipinski definition) is 0. The third kappa shape index (κ3) is 3.68. The molecule has 0 aromatic heterocycles. The molecule has 3 rings (SSSR count). The van der Waals surface area contributed by atoms with Gasteiger partial charge in [0, 0.05) is 0 Å². The summed E-state index contributed by atoms with van der Waals surface area (Å²) in [5.41, 5.74) is -0.190. The Kier molecular flexibility index (Phi) is 6.42. The number of hydrogen-bond acceptors (Lipinski definition) is 2. The van der Waals surface area contributed by atoms with Gasteiger partial charge >= 0.3 is 162 Å². The van der Waals surface area contributed by atoms with Gasteiger partial charge in [-0.25, -0.2) is 0 Å². The molecule has 0 spiro atoms. The summed E-state index contributed by atoms with van der Waals surface area (Å²) in [4.78, 5) is 13.2. The van der Waals surface area contributed by atoms with Gasteiger partial charge < -0.3 is 0 Å². The molecule has 0 heterocycles. The van der Waals surface area contributed by atoms with Crippen molar-refractivity contribution in [1.29, 1.82) is 0 Å². The van der Waals surface area contributed by atoms with Crippen molar-refractivity contribution in [3.63, 3.8) is 0 Å². The molecule has 3 aromatic carbocycles. The van der Waals surface area contributed by atoms with Gasteiger partial charge in [0.25, 0.3) is 0 Å². The fourth-order valence-electron chi connectivity index (χ4n) is 4.10. The molecule has 0 saturated carbocycles. The second-order valence-electron chi connectivity index (χ2n) is 6.62. The van der Waals surface area contributed by atoms with Gasteiger partial charge in [-0.2, -0.15) is 0 Å². The van der Waals surface area contributed by atoms with E-state index in [1.807, 2.05) is 25.1 Å². The molecule has 3 heteroatoms. The van der Waals surface area contributed by atoms with Gasteiger partial charge in [0.15, 0.2) is 0 Å². The SMILES string of the molecule is CCOC(=O)C(CC)[PH](c1ccccc1)(c1ccccc1)c1ccccc1. The molecule has 0 radical (unpaired) electrons. The Hall–Kier alpha value is -2.44. The van der Waals surface area contributed by atoms with E-state index in [0.717, 1.165) is 6.42 Å². The second kappa shape index (κ2) is 8.97. The van der Waals surface area contributed by atoms with E-state index in [9.17, 15) is 4.79 Å². The summed E-state index contributed by atoms with van der Waals surface area (Å²) < 4.78 is 5.56. The van der Waals surface area contributed by atoms with E-state index in [0.29, 0.717) is 6.61 Å². The van der Waals surface area contributed by atoms with Gasteiger partial charge in [0.05, 0.1) is 0 Å². The average molecular weight is 378 g/mol. The van der Waals surface area contributed by atoms with E-state index in [2.05, 4.69) is 79.7 Å². The summed E-state index contributed by atoms with van der Waals surface area (Å²) in [7, 11) is -2.63. The van der Waals surface area contributed by atoms with Crippen LogP contribution in [0.1, 0.15) is 20.3 Å². The number of esters is 1. The third-order valence-corrected chi connectivity index (χ3v) is 10.6.